The predicted octanol–water partition coefficient (Wildman–Crippen LogP) is 3.60. The number of nitrogens with zero attached hydrogens (tertiary/aromatic N) is 2. The molecule has 28 heavy (non-hydrogen) atoms. The Morgan fingerprint density at radius 3 is 2.25 bits per heavy atom. The molecular weight excluding hydrogens is 354 g/mol. The minimum atomic E-state index is -0.155. The molecule has 2 aromatic rings. The zero-order chi connectivity index (χ0) is 20.5. The Labute approximate surface area is 168 Å². The molecule has 1 aromatic heterocycles. The number of hydrogen-bond donors (Lipinski definition) is 4. The van der Waals surface area contributed by atoms with Crippen LogP contribution in [0, 0.1) is 0 Å². The molecule has 1 fully saturated rings. The second kappa shape index (κ2) is 11.1. The van der Waals surface area contributed by atoms with Crippen LogP contribution in [0.3, 0.4) is 0 Å². The molecule has 1 aliphatic carbocycles. The van der Waals surface area contributed by atoms with Gasteiger partial charge in [-0.15, -0.1) is 0 Å². The number of phenolic OH excluding ortho intramolecular Hbond substituents is 2. The SMILES string of the molecule is CC.Nc1c2c(nc3cc(O)c(O)cc13)CCC2.OCCN1CCCCCC1. The second-order valence-corrected chi connectivity index (χ2v) is 7.14. The summed E-state index contributed by atoms with van der Waals surface area (Å²) < 4.78 is 0. The first-order chi connectivity index (χ1) is 13.6. The summed E-state index contributed by atoms with van der Waals surface area (Å²) in [5, 5.41) is 28.3. The number of nitrogen functional groups attached to an aromatic ring is 1. The number of pyridine rings is 1. The van der Waals surface area contributed by atoms with E-state index < -0.39 is 0 Å². The molecule has 0 bridgehead atoms. The van der Waals surface area contributed by atoms with Crippen LogP contribution >= 0.6 is 0 Å². The van der Waals surface area contributed by atoms with Crippen LogP contribution in [-0.2, 0) is 12.8 Å². The first kappa shape index (κ1) is 22.2. The van der Waals surface area contributed by atoms with Gasteiger partial charge >= 0.3 is 0 Å². The van der Waals surface area contributed by atoms with Crippen LogP contribution in [0.4, 0.5) is 5.69 Å². The first-order valence-corrected chi connectivity index (χ1v) is 10.6. The van der Waals surface area contributed by atoms with Gasteiger partial charge in [0.1, 0.15) is 0 Å². The van der Waals surface area contributed by atoms with Gasteiger partial charge in [0.25, 0.3) is 0 Å². The van der Waals surface area contributed by atoms with Crippen LogP contribution in [0.2, 0.25) is 0 Å². The average molecular weight is 390 g/mol. The van der Waals surface area contributed by atoms with Gasteiger partial charge in [-0.3, -0.25) is 4.98 Å². The lowest BCUT2D eigenvalue weighted by atomic mass is 10.1. The van der Waals surface area contributed by atoms with E-state index in [1.807, 2.05) is 13.8 Å². The standard InChI is InChI=1S/C12H12N2O2.C8H17NO.C2H6/c13-12-6-2-1-3-8(6)14-9-5-11(16)10(15)4-7(9)12;10-8-7-9-5-3-1-2-4-6-9;1-2/h4-5,15-16H,1-3H2,(H2,13,14);10H,1-8H2;1-2H3. The summed E-state index contributed by atoms with van der Waals surface area (Å²) in [5.74, 6) is -0.309. The first-order valence-electron chi connectivity index (χ1n) is 10.6. The van der Waals surface area contributed by atoms with E-state index in [2.05, 4.69) is 9.88 Å². The van der Waals surface area contributed by atoms with E-state index in [4.69, 9.17) is 10.8 Å². The van der Waals surface area contributed by atoms with E-state index in [0.717, 1.165) is 42.5 Å². The van der Waals surface area contributed by atoms with E-state index in [0.29, 0.717) is 17.8 Å². The van der Waals surface area contributed by atoms with Gasteiger partial charge in [-0.1, -0.05) is 26.7 Å². The molecule has 2 aliphatic rings. The van der Waals surface area contributed by atoms with E-state index >= 15 is 0 Å². The highest BCUT2D eigenvalue weighted by atomic mass is 16.3. The molecule has 5 N–H and O–H groups in total. The Kier molecular flexibility index (Phi) is 8.80. The molecule has 1 aliphatic heterocycles. The fraction of sp³-hybridized carbons (Fsp3) is 0.591. The zero-order valence-corrected chi connectivity index (χ0v) is 17.2. The number of benzene rings is 1. The van der Waals surface area contributed by atoms with Crippen LogP contribution in [0.25, 0.3) is 10.9 Å². The highest BCUT2D eigenvalue weighted by Gasteiger charge is 2.18. The van der Waals surface area contributed by atoms with Crippen molar-refractivity contribution in [2.45, 2.75) is 58.8 Å². The third-order valence-corrected chi connectivity index (χ3v) is 5.27. The number of aliphatic hydroxyl groups excluding tert-OH is 1. The maximum atomic E-state index is 9.46. The van der Waals surface area contributed by atoms with Crippen molar-refractivity contribution in [2.75, 3.05) is 32.0 Å². The molecule has 4 rings (SSSR count). The Morgan fingerprint density at radius 1 is 0.964 bits per heavy atom. The molecule has 1 aromatic carbocycles. The lowest BCUT2D eigenvalue weighted by Gasteiger charge is -2.17. The molecule has 6 nitrogen and oxygen atoms in total. The van der Waals surface area contributed by atoms with Gasteiger partial charge < -0.3 is 26.0 Å². The molecule has 1 saturated heterocycles. The number of phenols is 2. The molecule has 0 unspecified atom stereocenters. The number of anilines is 1. The van der Waals surface area contributed by atoms with Gasteiger partial charge in [0, 0.05) is 29.4 Å². The van der Waals surface area contributed by atoms with Gasteiger partial charge in [-0.05, 0) is 56.8 Å². The lowest BCUT2D eigenvalue weighted by Crippen LogP contribution is -2.27. The molecule has 2 heterocycles. The number of rotatable bonds is 2. The van der Waals surface area contributed by atoms with Crippen molar-refractivity contribution in [2.24, 2.45) is 0 Å². The summed E-state index contributed by atoms with van der Waals surface area (Å²) in [7, 11) is 0. The molecule has 0 spiro atoms. The Hall–Kier alpha value is -2.05. The third kappa shape index (κ3) is 5.49. The van der Waals surface area contributed by atoms with Crippen molar-refractivity contribution in [3.63, 3.8) is 0 Å². The van der Waals surface area contributed by atoms with E-state index in [-0.39, 0.29) is 11.5 Å². The highest BCUT2D eigenvalue weighted by Crippen LogP contribution is 2.36. The largest absolute Gasteiger partial charge is 0.504 e. The molecule has 0 atom stereocenters. The number of aromatic nitrogens is 1. The number of likely N-dealkylation sites (tertiary alicyclic amines) is 1. The van der Waals surface area contributed by atoms with Gasteiger partial charge in [-0.25, -0.2) is 0 Å². The van der Waals surface area contributed by atoms with Crippen molar-refractivity contribution in [1.29, 1.82) is 0 Å². The number of aliphatic hydroxyl groups is 1. The summed E-state index contributed by atoms with van der Waals surface area (Å²) in [6.45, 7) is 7.58. The number of aryl methyl sites for hydroxylation is 1. The monoisotopic (exact) mass is 389 g/mol. The van der Waals surface area contributed by atoms with E-state index in [9.17, 15) is 10.2 Å². The average Bonchev–Trinajstić information content (AvgIpc) is 3.02. The fourth-order valence-electron chi connectivity index (χ4n) is 3.82. The van der Waals surface area contributed by atoms with Gasteiger partial charge in [0.15, 0.2) is 11.5 Å². The molecular formula is C22H35N3O3. The van der Waals surface area contributed by atoms with Crippen LogP contribution in [-0.4, -0.2) is 51.4 Å². The number of β-amino-alcohol motifs (C(OH)–C–C–N with tert-alkyl or cyclic N) is 1. The number of aromatic hydroxyl groups is 2. The van der Waals surface area contributed by atoms with E-state index in [1.54, 1.807) is 0 Å². The number of fused-ring (bicyclic) bond motifs is 2. The van der Waals surface area contributed by atoms with Gasteiger partial charge in [0.05, 0.1) is 12.1 Å². The smallest absolute Gasteiger partial charge is 0.159 e. The Bertz CT molecular complexity index is 757. The van der Waals surface area contributed by atoms with Crippen molar-refractivity contribution < 1.29 is 15.3 Å². The third-order valence-electron chi connectivity index (χ3n) is 5.27. The molecule has 0 radical (unpaired) electrons. The summed E-state index contributed by atoms with van der Waals surface area (Å²) in [6.07, 6.45) is 8.35. The van der Waals surface area contributed by atoms with Crippen LogP contribution in [0.1, 0.15) is 57.2 Å². The van der Waals surface area contributed by atoms with E-state index in [1.165, 1.54) is 50.9 Å². The van der Waals surface area contributed by atoms with Crippen LogP contribution < -0.4 is 5.73 Å². The van der Waals surface area contributed by atoms with Crippen molar-refractivity contribution in [3.8, 4) is 11.5 Å². The Morgan fingerprint density at radius 2 is 1.61 bits per heavy atom. The van der Waals surface area contributed by atoms with Crippen LogP contribution in [0.15, 0.2) is 12.1 Å². The molecule has 156 valence electrons. The second-order valence-electron chi connectivity index (χ2n) is 7.14. The number of hydrogen-bond acceptors (Lipinski definition) is 6. The number of nitrogens with two attached hydrogens (primary N) is 1. The van der Waals surface area contributed by atoms with Crippen molar-refractivity contribution in [3.05, 3.63) is 23.4 Å². The lowest BCUT2D eigenvalue weighted by molar-refractivity contribution is 0.200. The minimum Gasteiger partial charge on any atom is -0.504 e. The maximum absolute atomic E-state index is 9.46. The summed E-state index contributed by atoms with van der Waals surface area (Å²) in [4.78, 5) is 6.82. The minimum absolute atomic E-state index is 0.154. The van der Waals surface area contributed by atoms with Gasteiger partial charge in [0.2, 0.25) is 0 Å². The fourth-order valence-corrected chi connectivity index (χ4v) is 3.82. The normalized spacial score (nSPS) is 16.4. The molecule has 0 saturated carbocycles. The summed E-state index contributed by atoms with van der Waals surface area (Å²) >= 11 is 0. The maximum Gasteiger partial charge on any atom is 0.159 e. The van der Waals surface area contributed by atoms with Crippen molar-refractivity contribution in [1.82, 2.24) is 9.88 Å². The van der Waals surface area contributed by atoms with Crippen molar-refractivity contribution >= 4 is 16.6 Å². The zero-order valence-electron chi connectivity index (χ0n) is 17.2. The Balaban J connectivity index is 0.000000202. The molecule has 0 amide bonds. The summed E-state index contributed by atoms with van der Waals surface area (Å²) in [6, 6.07) is 2.94. The van der Waals surface area contributed by atoms with Gasteiger partial charge in [-0.2, -0.15) is 0 Å². The summed E-state index contributed by atoms with van der Waals surface area (Å²) in [5.41, 5.74) is 9.51. The predicted molar refractivity (Wildman–Crippen MR) is 115 cm³/mol. The topological polar surface area (TPSA) is 103 Å². The molecule has 6 heteroatoms. The highest BCUT2D eigenvalue weighted by molar-refractivity contribution is 5.94. The quantitative estimate of drug-likeness (QED) is 0.585. The van der Waals surface area contributed by atoms with Crippen LogP contribution in [0.5, 0.6) is 11.5 Å².